The zero-order valence-electron chi connectivity index (χ0n) is 9.26. The van der Waals surface area contributed by atoms with Gasteiger partial charge in [-0.3, -0.25) is 5.32 Å². The minimum absolute atomic E-state index is 0.109. The van der Waals surface area contributed by atoms with Crippen molar-refractivity contribution in [3.8, 4) is 0 Å². The second-order valence-electron chi connectivity index (χ2n) is 4.51. The van der Waals surface area contributed by atoms with E-state index in [1.807, 2.05) is 34.6 Å². The van der Waals surface area contributed by atoms with E-state index in [0.717, 1.165) is 6.29 Å². The summed E-state index contributed by atoms with van der Waals surface area (Å²) in [4.78, 5) is 10.6. The lowest BCUT2D eigenvalue weighted by molar-refractivity contribution is -0.111. The lowest BCUT2D eigenvalue weighted by Gasteiger charge is -2.22. The Morgan fingerprint density at radius 2 is 1.92 bits per heavy atom. The van der Waals surface area contributed by atoms with Gasteiger partial charge >= 0.3 is 0 Å². The molecule has 3 heteroatoms. The fourth-order valence-electron chi connectivity index (χ4n) is 0.795. The molecule has 3 nitrogen and oxygen atoms in total. The predicted molar refractivity (Wildman–Crippen MR) is 53.5 cm³/mol. The molecule has 0 bridgehead atoms. The molecule has 0 aliphatic carbocycles. The Kier molecular flexibility index (Phi) is 5.18. The number of carbonyl (C=O) groups excluding carboxylic acids is 1. The van der Waals surface area contributed by atoms with Gasteiger partial charge in [0.05, 0.1) is 18.4 Å². The van der Waals surface area contributed by atoms with E-state index < -0.39 is 0 Å². The van der Waals surface area contributed by atoms with Crippen LogP contribution in [0.1, 0.15) is 34.6 Å². The van der Waals surface area contributed by atoms with Gasteiger partial charge < -0.3 is 9.53 Å². The molecule has 1 N–H and O–H groups in total. The van der Waals surface area contributed by atoms with Gasteiger partial charge in [-0.15, -0.1) is 0 Å². The Morgan fingerprint density at radius 3 is 2.23 bits per heavy atom. The van der Waals surface area contributed by atoms with Crippen LogP contribution >= 0.6 is 0 Å². The normalized spacial score (nSPS) is 14.6. The molecule has 1 atom stereocenters. The van der Waals surface area contributed by atoms with Crippen molar-refractivity contribution < 1.29 is 9.53 Å². The number of rotatable bonds is 5. The van der Waals surface area contributed by atoms with Crippen LogP contribution in [0.3, 0.4) is 0 Å². The summed E-state index contributed by atoms with van der Waals surface area (Å²) in [5.74, 6) is 0.307. The highest BCUT2D eigenvalue weighted by Gasteiger charge is 2.13. The van der Waals surface area contributed by atoms with Crippen LogP contribution in [0, 0.1) is 5.92 Å². The molecule has 0 fully saturated rings. The van der Waals surface area contributed by atoms with Crippen LogP contribution in [0.25, 0.3) is 0 Å². The van der Waals surface area contributed by atoms with Crippen molar-refractivity contribution in [2.75, 3.05) is 6.73 Å². The van der Waals surface area contributed by atoms with E-state index in [2.05, 4.69) is 5.32 Å². The Balaban J connectivity index is 3.68. The topological polar surface area (TPSA) is 38.3 Å². The molecule has 0 aliphatic rings. The van der Waals surface area contributed by atoms with Crippen LogP contribution in [0.15, 0.2) is 0 Å². The van der Waals surface area contributed by atoms with E-state index in [1.165, 1.54) is 0 Å². The van der Waals surface area contributed by atoms with Gasteiger partial charge in [-0.25, -0.2) is 0 Å². The summed E-state index contributed by atoms with van der Waals surface area (Å²) in [6.45, 7) is 10.4. The van der Waals surface area contributed by atoms with Gasteiger partial charge in [0, 0.05) is 0 Å². The molecule has 0 aromatic carbocycles. The number of aldehydes is 1. The number of nitrogens with one attached hydrogen (secondary N) is 1. The summed E-state index contributed by atoms with van der Waals surface area (Å²) < 4.78 is 5.44. The summed E-state index contributed by atoms with van der Waals surface area (Å²) in [5, 5.41) is 3.04. The van der Waals surface area contributed by atoms with Crippen molar-refractivity contribution in [3.63, 3.8) is 0 Å². The highest BCUT2D eigenvalue weighted by Crippen LogP contribution is 2.05. The van der Waals surface area contributed by atoms with E-state index >= 15 is 0 Å². The molecule has 13 heavy (non-hydrogen) atoms. The standard InChI is InChI=1S/C10H21NO2/c1-8(2)9(6-12)11-7-13-10(3,4)5/h6,8-9,11H,7H2,1-5H3. The first-order valence-corrected chi connectivity index (χ1v) is 4.69. The maximum atomic E-state index is 10.6. The van der Waals surface area contributed by atoms with Crippen molar-refractivity contribution in [1.29, 1.82) is 0 Å². The SMILES string of the molecule is CC(C)C(C=O)NCOC(C)(C)C. The molecule has 0 heterocycles. The molecule has 0 aromatic rings. The molecule has 0 aromatic heterocycles. The molecule has 0 radical (unpaired) electrons. The Bertz CT molecular complexity index is 149. The average Bonchev–Trinajstić information content (AvgIpc) is 1.95. The smallest absolute Gasteiger partial charge is 0.137 e. The van der Waals surface area contributed by atoms with Crippen molar-refractivity contribution in [3.05, 3.63) is 0 Å². The number of hydrogen-bond donors (Lipinski definition) is 1. The summed E-state index contributed by atoms with van der Waals surface area (Å²) in [7, 11) is 0. The third-order valence-electron chi connectivity index (χ3n) is 1.69. The van der Waals surface area contributed by atoms with Gasteiger partial charge in [-0.2, -0.15) is 0 Å². The maximum Gasteiger partial charge on any atom is 0.137 e. The Morgan fingerprint density at radius 1 is 1.38 bits per heavy atom. The number of hydrogen-bond acceptors (Lipinski definition) is 3. The molecule has 0 saturated carbocycles. The second kappa shape index (κ2) is 5.35. The van der Waals surface area contributed by atoms with Crippen LogP contribution < -0.4 is 5.32 Å². The number of ether oxygens (including phenoxy) is 1. The van der Waals surface area contributed by atoms with E-state index in [-0.39, 0.29) is 11.6 Å². The predicted octanol–water partition coefficient (Wildman–Crippen LogP) is 1.57. The van der Waals surface area contributed by atoms with E-state index in [0.29, 0.717) is 12.6 Å². The zero-order valence-corrected chi connectivity index (χ0v) is 9.26. The van der Waals surface area contributed by atoms with Gasteiger partial charge in [0.2, 0.25) is 0 Å². The first-order valence-electron chi connectivity index (χ1n) is 4.69. The van der Waals surface area contributed by atoms with Gasteiger partial charge in [0.25, 0.3) is 0 Å². The summed E-state index contributed by atoms with van der Waals surface area (Å²) in [5.41, 5.74) is -0.155. The van der Waals surface area contributed by atoms with E-state index in [1.54, 1.807) is 0 Å². The van der Waals surface area contributed by atoms with Gasteiger partial charge in [0.1, 0.15) is 6.29 Å². The Labute approximate surface area is 80.8 Å². The average molecular weight is 187 g/mol. The lowest BCUT2D eigenvalue weighted by Crippen LogP contribution is -2.39. The molecular formula is C10H21NO2. The Hall–Kier alpha value is -0.410. The van der Waals surface area contributed by atoms with Gasteiger partial charge in [0.15, 0.2) is 0 Å². The van der Waals surface area contributed by atoms with E-state index in [4.69, 9.17) is 4.74 Å². The van der Waals surface area contributed by atoms with Crippen LogP contribution in [-0.2, 0) is 9.53 Å². The van der Waals surface area contributed by atoms with Crippen molar-refractivity contribution in [2.24, 2.45) is 5.92 Å². The lowest BCUT2D eigenvalue weighted by atomic mass is 10.1. The molecule has 0 aliphatic heterocycles. The third-order valence-corrected chi connectivity index (χ3v) is 1.69. The number of carbonyl (C=O) groups is 1. The molecule has 1 unspecified atom stereocenters. The summed E-state index contributed by atoms with van der Waals surface area (Å²) in [6, 6.07) is -0.109. The highest BCUT2D eigenvalue weighted by atomic mass is 16.5. The fourth-order valence-corrected chi connectivity index (χ4v) is 0.795. The summed E-state index contributed by atoms with van der Waals surface area (Å²) in [6.07, 6.45) is 0.927. The monoisotopic (exact) mass is 187 g/mol. The van der Waals surface area contributed by atoms with Crippen molar-refractivity contribution >= 4 is 6.29 Å². The van der Waals surface area contributed by atoms with Crippen LogP contribution in [-0.4, -0.2) is 24.7 Å². The van der Waals surface area contributed by atoms with E-state index in [9.17, 15) is 4.79 Å². The zero-order chi connectivity index (χ0) is 10.5. The van der Waals surface area contributed by atoms with Crippen LogP contribution in [0.4, 0.5) is 0 Å². The van der Waals surface area contributed by atoms with Gasteiger partial charge in [-0.05, 0) is 26.7 Å². The largest absolute Gasteiger partial charge is 0.361 e. The van der Waals surface area contributed by atoms with Crippen molar-refractivity contribution in [2.45, 2.75) is 46.3 Å². The molecule has 78 valence electrons. The minimum Gasteiger partial charge on any atom is -0.361 e. The molecule has 0 rings (SSSR count). The third kappa shape index (κ3) is 6.72. The summed E-state index contributed by atoms with van der Waals surface area (Å²) >= 11 is 0. The molecule has 0 saturated heterocycles. The first-order chi connectivity index (χ1) is 5.87. The first kappa shape index (κ1) is 12.6. The maximum absolute atomic E-state index is 10.6. The fraction of sp³-hybridized carbons (Fsp3) is 0.900. The quantitative estimate of drug-likeness (QED) is 0.524. The molecule has 0 amide bonds. The second-order valence-corrected chi connectivity index (χ2v) is 4.51. The minimum atomic E-state index is -0.155. The van der Waals surface area contributed by atoms with Crippen molar-refractivity contribution in [1.82, 2.24) is 5.32 Å². The molecular weight excluding hydrogens is 166 g/mol. The van der Waals surface area contributed by atoms with Crippen LogP contribution in [0.2, 0.25) is 0 Å². The highest BCUT2D eigenvalue weighted by molar-refractivity contribution is 5.57. The van der Waals surface area contributed by atoms with Crippen LogP contribution in [0.5, 0.6) is 0 Å². The molecule has 0 spiro atoms. The van der Waals surface area contributed by atoms with Gasteiger partial charge in [-0.1, -0.05) is 13.8 Å².